The van der Waals surface area contributed by atoms with Gasteiger partial charge in [-0.2, -0.15) is 0 Å². The molecule has 1 atom stereocenters. The van der Waals surface area contributed by atoms with Crippen LogP contribution in [-0.2, 0) is 9.47 Å². The number of esters is 2. The van der Waals surface area contributed by atoms with Crippen molar-refractivity contribution in [3.8, 4) is 0 Å². The molecule has 0 saturated carbocycles. The largest absolute Gasteiger partial charge is 0.462 e. The van der Waals surface area contributed by atoms with Crippen LogP contribution in [0.15, 0.2) is 12.1 Å². The average Bonchev–Trinajstić information content (AvgIpc) is 2.70. The van der Waals surface area contributed by atoms with E-state index in [1.807, 2.05) is 6.07 Å². The first-order valence-electron chi connectivity index (χ1n) is 11.3. The van der Waals surface area contributed by atoms with E-state index in [-0.39, 0.29) is 30.3 Å². The number of nitrogens with two attached hydrogens (primary N) is 1. The molecule has 1 aromatic carbocycles. The summed E-state index contributed by atoms with van der Waals surface area (Å²) in [5, 5.41) is 0. The molecular formula is C24H39NO4. The maximum Gasteiger partial charge on any atom is 0.341 e. The Morgan fingerprint density at radius 2 is 1.45 bits per heavy atom. The third-order valence-corrected chi connectivity index (χ3v) is 5.24. The van der Waals surface area contributed by atoms with Crippen LogP contribution in [-0.4, -0.2) is 25.2 Å². The molecule has 5 nitrogen and oxygen atoms in total. The SMILES string of the molecule is CCCCCCCCC(CCC)c1ccc(C(=O)OCC)c(C(=O)OCC)c1N. The summed E-state index contributed by atoms with van der Waals surface area (Å²) in [6.07, 6.45) is 10.5. The van der Waals surface area contributed by atoms with E-state index in [4.69, 9.17) is 15.2 Å². The third kappa shape index (κ3) is 7.71. The Hall–Kier alpha value is -2.04. The second-order valence-corrected chi connectivity index (χ2v) is 7.47. The Morgan fingerprint density at radius 1 is 0.828 bits per heavy atom. The maximum atomic E-state index is 12.6. The zero-order valence-electron chi connectivity index (χ0n) is 18.7. The lowest BCUT2D eigenvalue weighted by Crippen LogP contribution is -2.18. The monoisotopic (exact) mass is 405 g/mol. The first-order valence-corrected chi connectivity index (χ1v) is 11.3. The molecule has 1 aromatic rings. The predicted molar refractivity (Wildman–Crippen MR) is 118 cm³/mol. The van der Waals surface area contributed by atoms with E-state index >= 15 is 0 Å². The Labute approximate surface area is 176 Å². The van der Waals surface area contributed by atoms with Crippen molar-refractivity contribution < 1.29 is 19.1 Å². The zero-order valence-corrected chi connectivity index (χ0v) is 18.7. The summed E-state index contributed by atoms with van der Waals surface area (Å²) in [5.41, 5.74) is 8.07. The van der Waals surface area contributed by atoms with Crippen LogP contribution in [0.2, 0.25) is 0 Å². The molecule has 0 spiro atoms. The lowest BCUT2D eigenvalue weighted by atomic mass is 9.86. The summed E-state index contributed by atoms with van der Waals surface area (Å²) < 4.78 is 10.3. The van der Waals surface area contributed by atoms with Gasteiger partial charge in [-0.25, -0.2) is 9.59 Å². The van der Waals surface area contributed by atoms with Crippen LogP contribution in [0.4, 0.5) is 5.69 Å². The number of ether oxygens (including phenoxy) is 2. The number of hydrogen-bond acceptors (Lipinski definition) is 5. The Morgan fingerprint density at radius 3 is 2.07 bits per heavy atom. The van der Waals surface area contributed by atoms with E-state index in [0.717, 1.165) is 31.2 Å². The molecule has 1 unspecified atom stereocenters. The number of carbonyl (C=O) groups is 2. The van der Waals surface area contributed by atoms with E-state index in [1.165, 1.54) is 32.1 Å². The molecule has 0 bridgehead atoms. The van der Waals surface area contributed by atoms with Crippen LogP contribution < -0.4 is 5.73 Å². The lowest BCUT2D eigenvalue weighted by Gasteiger charge is -2.21. The molecule has 0 aliphatic carbocycles. The number of nitrogen functional groups attached to an aromatic ring is 1. The fraction of sp³-hybridized carbons (Fsp3) is 0.667. The summed E-state index contributed by atoms with van der Waals surface area (Å²) >= 11 is 0. The maximum absolute atomic E-state index is 12.6. The molecule has 0 heterocycles. The average molecular weight is 406 g/mol. The van der Waals surface area contributed by atoms with Crippen molar-refractivity contribution in [2.45, 2.75) is 91.4 Å². The van der Waals surface area contributed by atoms with Gasteiger partial charge in [0, 0.05) is 0 Å². The highest BCUT2D eigenvalue weighted by Crippen LogP contribution is 2.35. The van der Waals surface area contributed by atoms with Crippen molar-refractivity contribution in [3.05, 3.63) is 28.8 Å². The van der Waals surface area contributed by atoms with Crippen molar-refractivity contribution in [1.82, 2.24) is 0 Å². The van der Waals surface area contributed by atoms with Gasteiger partial charge in [0.2, 0.25) is 0 Å². The summed E-state index contributed by atoms with van der Waals surface area (Å²) in [6, 6.07) is 3.56. The standard InChI is InChI=1S/C24H39NO4/c1-5-9-10-11-12-13-15-18(14-6-2)19-16-17-20(23(26)28-7-3)21(22(19)25)24(27)29-8-4/h16-18H,5-15,25H2,1-4H3. The van der Waals surface area contributed by atoms with Gasteiger partial charge >= 0.3 is 11.9 Å². The molecule has 29 heavy (non-hydrogen) atoms. The molecule has 2 N–H and O–H groups in total. The predicted octanol–water partition coefficient (Wildman–Crippen LogP) is 6.26. The Bertz CT molecular complexity index is 642. The van der Waals surface area contributed by atoms with Crippen LogP contribution in [0.1, 0.15) is 118 Å². The fourth-order valence-electron chi connectivity index (χ4n) is 3.77. The second kappa shape index (κ2) is 14.0. The van der Waals surface area contributed by atoms with Gasteiger partial charge in [-0.3, -0.25) is 0 Å². The molecule has 5 heteroatoms. The van der Waals surface area contributed by atoms with E-state index in [0.29, 0.717) is 5.69 Å². The number of anilines is 1. The van der Waals surface area contributed by atoms with Crippen LogP contribution in [0.3, 0.4) is 0 Å². The van der Waals surface area contributed by atoms with Gasteiger partial charge in [0.05, 0.1) is 30.0 Å². The molecule has 0 amide bonds. The first-order chi connectivity index (χ1) is 14.0. The minimum absolute atomic E-state index is 0.145. The van der Waals surface area contributed by atoms with E-state index in [2.05, 4.69) is 13.8 Å². The smallest absolute Gasteiger partial charge is 0.341 e. The molecule has 0 aromatic heterocycles. The zero-order chi connectivity index (χ0) is 21.6. The number of hydrogen-bond donors (Lipinski definition) is 1. The Kier molecular flexibility index (Phi) is 12.1. The van der Waals surface area contributed by atoms with Crippen LogP contribution in [0.25, 0.3) is 0 Å². The number of unbranched alkanes of at least 4 members (excludes halogenated alkanes) is 5. The second-order valence-electron chi connectivity index (χ2n) is 7.47. The molecule has 0 aliphatic rings. The molecule has 0 saturated heterocycles. The highest BCUT2D eigenvalue weighted by Gasteiger charge is 2.26. The van der Waals surface area contributed by atoms with Crippen molar-refractivity contribution >= 4 is 17.6 Å². The minimum atomic E-state index is -0.565. The Balaban J connectivity index is 3.11. The topological polar surface area (TPSA) is 78.6 Å². The molecule has 1 rings (SSSR count). The van der Waals surface area contributed by atoms with Crippen LogP contribution in [0, 0.1) is 0 Å². The molecule has 164 valence electrons. The highest BCUT2D eigenvalue weighted by molar-refractivity contribution is 6.07. The third-order valence-electron chi connectivity index (χ3n) is 5.24. The molecular weight excluding hydrogens is 366 g/mol. The van der Waals surface area contributed by atoms with Gasteiger partial charge in [0.25, 0.3) is 0 Å². The highest BCUT2D eigenvalue weighted by atomic mass is 16.5. The van der Waals surface area contributed by atoms with Gasteiger partial charge in [0.15, 0.2) is 0 Å². The van der Waals surface area contributed by atoms with Crippen LogP contribution >= 0.6 is 0 Å². The summed E-state index contributed by atoms with van der Waals surface area (Å²) in [6.45, 7) is 8.31. The number of rotatable bonds is 14. The van der Waals surface area contributed by atoms with E-state index in [1.54, 1.807) is 19.9 Å². The van der Waals surface area contributed by atoms with Crippen LogP contribution in [0.5, 0.6) is 0 Å². The van der Waals surface area contributed by atoms with Crippen molar-refractivity contribution in [2.75, 3.05) is 18.9 Å². The van der Waals surface area contributed by atoms with Gasteiger partial charge in [-0.1, -0.05) is 64.9 Å². The normalized spacial score (nSPS) is 11.9. The fourth-order valence-corrected chi connectivity index (χ4v) is 3.77. The summed E-state index contributed by atoms with van der Waals surface area (Å²) in [7, 11) is 0. The van der Waals surface area contributed by atoms with Gasteiger partial charge in [-0.15, -0.1) is 0 Å². The van der Waals surface area contributed by atoms with E-state index in [9.17, 15) is 9.59 Å². The molecule has 0 aliphatic heterocycles. The quantitative estimate of drug-likeness (QED) is 0.225. The van der Waals surface area contributed by atoms with E-state index < -0.39 is 11.9 Å². The number of carbonyl (C=O) groups excluding carboxylic acids is 2. The van der Waals surface area contributed by atoms with Gasteiger partial charge in [-0.05, 0) is 44.2 Å². The summed E-state index contributed by atoms with van der Waals surface area (Å²) in [4.78, 5) is 24.9. The molecule has 0 radical (unpaired) electrons. The summed E-state index contributed by atoms with van der Waals surface area (Å²) in [5.74, 6) is -0.836. The number of benzene rings is 1. The minimum Gasteiger partial charge on any atom is -0.462 e. The van der Waals surface area contributed by atoms with Crippen molar-refractivity contribution in [1.29, 1.82) is 0 Å². The van der Waals surface area contributed by atoms with Crippen molar-refractivity contribution in [3.63, 3.8) is 0 Å². The lowest BCUT2D eigenvalue weighted by molar-refractivity contribution is 0.0479. The first kappa shape index (κ1) is 25.0. The van der Waals surface area contributed by atoms with Gasteiger partial charge in [0.1, 0.15) is 0 Å². The molecule has 0 fully saturated rings. The van der Waals surface area contributed by atoms with Crippen molar-refractivity contribution in [2.24, 2.45) is 0 Å². The van der Waals surface area contributed by atoms with Gasteiger partial charge < -0.3 is 15.2 Å².